The van der Waals surface area contributed by atoms with E-state index in [9.17, 15) is 0 Å². The van der Waals surface area contributed by atoms with E-state index in [-0.39, 0.29) is 0 Å². The highest BCUT2D eigenvalue weighted by Crippen LogP contribution is 2.64. The minimum absolute atomic E-state index is 0.401. The number of hydrogen-bond acceptors (Lipinski definition) is 1. The Morgan fingerprint density at radius 1 is 0.346 bits per heavy atom. The lowest BCUT2D eigenvalue weighted by Crippen LogP contribution is -2.26. The smallest absolute Gasteiger partial charge is 0.0726 e. The van der Waals surface area contributed by atoms with Crippen LogP contribution in [0.4, 0.5) is 17.1 Å². The average molecular weight is 662 g/mol. The second kappa shape index (κ2) is 10.8. The zero-order valence-electron chi connectivity index (χ0n) is 29.2. The van der Waals surface area contributed by atoms with Gasteiger partial charge in [0.1, 0.15) is 0 Å². The largest absolute Gasteiger partial charge is 0.310 e. The summed E-state index contributed by atoms with van der Waals surface area (Å²) < 4.78 is 0. The van der Waals surface area contributed by atoms with E-state index in [2.05, 4.69) is 195 Å². The fourth-order valence-corrected chi connectivity index (χ4v) is 9.85. The third kappa shape index (κ3) is 3.83. The highest BCUT2D eigenvalue weighted by molar-refractivity contribution is 6.26. The maximum absolute atomic E-state index is 2.52. The highest BCUT2D eigenvalue weighted by atomic mass is 15.1. The van der Waals surface area contributed by atoms with Crippen LogP contribution in [0.25, 0.3) is 54.6 Å². The molecule has 1 heteroatoms. The monoisotopic (exact) mass is 661 g/mol. The number of rotatable bonds is 3. The van der Waals surface area contributed by atoms with Crippen molar-refractivity contribution in [2.75, 3.05) is 4.90 Å². The van der Waals surface area contributed by atoms with Crippen molar-refractivity contribution in [3.05, 3.63) is 209 Å². The van der Waals surface area contributed by atoms with Crippen LogP contribution in [0.3, 0.4) is 0 Å². The summed E-state index contributed by atoms with van der Waals surface area (Å²) in [6.07, 6.45) is 0. The number of hydrogen-bond donors (Lipinski definition) is 0. The summed E-state index contributed by atoms with van der Waals surface area (Å²) in [5, 5.41) is 7.69. The molecule has 0 saturated carbocycles. The molecule has 0 fully saturated rings. The van der Waals surface area contributed by atoms with Gasteiger partial charge in [-0.25, -0.2) is 0 Å². The van der Waals surface area contributed by atoms with E-state index >= 15 is 0 Å². The van der Waals surface area contributed by atoms with Crippen molar-refractivity contribution in [2.24, 2.45) is 0 Å². The normalized spacial score (nSPS) is 13.3. The van der Waals surface area contributed by atoms with Gasteiger partial charge in [-0.05, 0) is 127 Å². The van der Waals surface area contributed by atoms with Gasteiger partial charge < -0.3 is 4.90 Å². The first-order valence-corrected chi connectivity index (χ1v) is 18.3. The zero-order valence-corrected chi connectivity index (χ0v) is 29.2. The molecular formula is C51H35N. The Kier molecular flexibility index (Phi) is 6.08. The van der Waals surface area contributed by atoms with E-state index in [1.165, 1.54) is 99.3 Å². The van der Waals surface area contributed by atoms with Crippen LogP contribution in [-0.4, -0.2) is 0 Å². The van der Waals surface area contributed by atoms with E-state index in [1.54, 1.807) is 0 Å². The molecule has 1 spiro atoms. The summed E-state index contributed by atoms with van der Waals surface area (Å²) in [5.74, 6) is 0. The molecule has 2 aliphatic rings. The van der Waals surface area contributed by atoms with Crippen LogP contribution in [0.5, 0.6) is 0 Å². The van der Waals surface area contributed by atoms with Crippen LogP contribution in [0.1, 0.15) is 33.4 Å². The van der Waals surface area contributed by atoms with Gasteiger partial charge in [0, 0.05) is 16.9 Å². The van der Waals surface area contributed by atoms with Crippen molar-refractivity contribution in [1.82, 2.24) is 0 Å². The predicted octanol–water partition coefficient (Wildman–Crippen LogP) is 13.6. The lowest BCUT2D eigenvalue weighted by molar-refractivity contribution is 0.794. The van der Waals surface area contributed by atoms with Crippen molar-refractivity contribution in [2.45, 2.75) is 19.3 Å². The van der Waals surface area contributed by atoms with Gasteiger partial charge in [-0.3, -0.25) is 0 Å². The van der Waals surface area contributed by atoms with E-state index < -0.39 is 5.41 Å². The van der Waals surface area contributed by atoms with Crippen LogP contribution in [0.2, 0.25) is 0 Å². The summed E-state index contributed by atoms with van der Waals surface area (Å²) in [5.41, 5.74) is 16.3. The van der Waals surface area contributed by atoms with Gasteiger partial charge in [0.15, 0.2) is 0 Å². The van der Waals surface area contributed by atoms with Gasteiger partial charge in [0.2, 0.25) is 0 Å². The summed E-state index contributed by atoms with van der Waals surface area (Å²) in [7, 11) is 0. The van der Waals surface area contributed by atoms with Gasteiger partial charge in [-0.1, -0.05) is 146 Å². The summed E-state index contributed by atoms with van der Waals surface area (Å²) in [6.45, 7) is 4.42. The lowest BCUT2D eigenvalue weighted by atomic mass is 9.70. The molecule has 0 aromatic heterocycles. The standard InChI is InChI=1S/C51H35N/c1-32-28-33(2)30-35(29-32)52(34-26-27-40-38-16-4-3-14-36(38)37-15-5-6-17-39(37)44(40)31-34)49-25-13-24-48-50(49)43-20-9-12-23-47(43)51(48)45-21-10-7-18-41(45)42-19-8-11-22-46(42)51/h3-31H,1-2H3. The van der Waals surface area contributed by atoms with Crippen LogP contribution >= 0.6 is 0 Å². The molecule has 1 nitrogen and oxygen atoms in total. The van der Waals surface area contributed by atoms with Crippen molar-refractivity contribution >= 4 is 49.4 Å². The first kappa shape index (κ1) is 29.3. The Labute approximate surface area is 304 Å². The van der Waals surface area contributed by atoms with Gasteiger partial charge in [-0.15, -0.1) is 0 Å². The molecule has 244 valence electrons. The van der Waals surface area contributed by atoms with Crippen LogP contribution in [0, 0.1) is 13.8 Å². The Balaban J connectivity index is 1.25. The maximum Gasteiger partial charge on any atom is 0.0726 e. The fraction of sp³-hybridized carbons (Fsp3) is 0.0588. The maximum atomic E-state index is 2.52. The third-order valence-corrected chi connectivity index (χ3v) is 11.7. The molecule has 0 atom stereocenters. The molecule has 9 aromatic carbocycles. The third-order valence-electron chi connectivity index (χ3n) is 11.7. The minimum atomic E-state index is -0.401. The second-order valence-corrected chi connectivity index (χ2v) is 14.6. The average Bonchev–Trinajstić information content (AvgIpc) is 3.66. The molecule has 0 amide bonds. The number of benzene rings is 9. The minimum Gasteiger partial charge on any atom is -0.310 e. The highest BCUT2D eigenvalue weighted by Gasteiger charge is 2.52. The van der Waals surface area contributed by atoms with Gasteiger partial charge >= 0.3 is 0 Å². The fourth-order valence-electron chi connectivity index (χ4n) is 9.85. The molecule has 0 bridgehead atoms. The molecule has 2 aliphatic carbocycles. The van der Waals surface area contributed by atoms with Crippen molar-refractivity contribution < 1.29 is 0 Å². The molecule has 0 aliphatic heterocycles. The second-order valence-electron chi connectivity index (χ2n) is 14.6. The Morgan fingerprint density at radius 3 is 1.40 bits per heavy atom. The lowest BCUT2D eigenvalue weighted by Gasteiger charge is -2.32. The van der Waals surface area contributed by atoms with Crippen molar-refractivity contribution in [3.8, 4) is 22.3 Å². The topological polar surface area (TPSA) is 3.24 Å². The summed E-state index contributed by atoms with van der Waals surface area (Å²) in [4.78, 5) is 2.52. The van der Waals surface area contributed by atoms with Gasteiger partial charge in [-0.2, -0.15) is 0 Å². The number of fused-ring (bicyclic) bond motifs is 16. The van der Waals surface area contributed by atoms with Gasteiger partial charge in [0.05, 0.1) is 11.1 Å². The Bertz CT molecular complexity index is 2850. The first-order chi connectivity index (χ1) is 25.6. The number of nitrogens with zero attached hydrogens (tertiary/aromatic N) is 1. The number of aryl methyl sites for hydroxylation is 2. The SMILES string of the molecule is Cc1cc(C)cc(N(c2ccc3c4ccccc4c4ccccc4c3c2)c2cccc3c2-c2ccccc2C32c3ccccc3-c3ccccc32)c1. The summed E-state index contributed by atoms with van der Waals surface area (Å²) in [6, 6.07) is 66.0. The predicted molar refractivity (Wildman–Crippen MR) is 219 cm³/mol. The van der Waals surface area contributed by atoms with Crippen LogP contribution in [-0.2, 0) is 5.41 Å². The Hall–Kier alpha value is -6.44. The first-order valence-electron chi connectivity index (χ1n) is 18.3. The van der Waals surface area contributed by atoms with Gasteiger partial charge in [0.25, 0.3) is 0 Å². The summed E-state index contributed by atoms with van der Waals surface area (Å²) >= 11 is 0. The van der Waals surface area contributed by atoms with E-state index in [0.29, 0.717) is 0 Å². The number of anilines is 3. The quantitative estimate of drug-likeness (QED) is 0.170. The van der Waals surface area contributed by atoms with E-state index in [4.69, 9.17) is 0 Å². The zero-order chi connectivity index (χ0) is 34.6. The van der Waals surface area contributed by atoms with E-state index in [1.807, 2.05) is 0 Å². The molecule has 0 radical (unpaired) electrons. The molecule has 0 N–H and O–H groups in total. The Morgan fingerprint density at radius 2 is 0.808 bits per heavy atom. The molecular weight excluding hydrogens is 627 g/mol. The molecule has 0 unspecified atom stereocenters. The van der Waals surface area contributed by atoms with Crippen LogP contribution < -0.4 is 4.90 Å². The van der Waals surface area contributed by atoms with Crippen LogP contribution in [0.15, 0.2) is 176 Å². The molecule has 52 heavy (non-hydrogen) atoms. The van der Waals surface area contributed by atoms with Crippen molar-refractivity contribution in [1.29, 1.82) is 0 Å². The van der Waals surface area contributed by atoms with Crippen molar-refractivity contribution in [3.63, 3.8) is 0 Å². The molecule has 0 heterocycles. The molecule has 11 rings (SSSR count). The molecule has 9 aromatic rings. The molecule has 0 saturated heterocycles. The van der Waals surface area contributed by atoms with E-state index in [0.717, 1.165) is 5.69 Å².